The molecule has 0 radical (unpaired) electrons. The van der Waals surface area contributed by atoms with E-state index in [1.807, 2.05) is 38.1 Å². The van der Waals surface area contributed by atoms with Gasteiger partial charge in [0.05, 0.1) is 23.7 Å². The Labute approximate surface area is 377 Å². The summed E-state index contributed by atoms with van der Waals surface area (Å²) in [5.74, 6) is -4.76. The van der Waals surface area contributed by atoms with Crippen LogP contribution in [0.25, 0.3) is 44.1 Å². The molecule has 0 spiro atoms. The molecule has 8 nitrogen and oxygen atoms in total. The second kappa shape index (κ2) is 18.4. The molecule has 66 heavy (non-hydrogen) atoms. The molecule has 2 heterocycles. The third-order valence-corrected chi connectivity index (χ3v) is 12.9. The van der Waals surface area contributed by atoms with Crippen LogP contribution in [0.15, 0.2) is 163 Å². The molecular weight excluding hydrogens is 867 g/mol. The van der Waals surface area contributed by atoms with Gasteiger partial charge in [0.2, 0.25) is 0 Å². The van der Waals surface area contributed by atoms with Gasteiger partial charge in [-0.1, -0.05) is 102 Å². The molecule has 13 heteroatoms. The van der Waals surface area contributed by atoms with Crippen LogP contribution in [0.5, 0.6) is 0 Å². The molecule has 9 aromatic rings. The fourth-order valence-corrected chi connectivity index (χ4v) is 9.53. The zero-order valence-corrected chi connectivity index (χ0v) is 36.4. The van der Waals surface area contributed by atoms with Gasteiger partial charge in [-0.25, -0.2) is 30.8 Å². The number of Topliss-reactive ketones (excluding diaryl/α,β-unsaturated/α-hetero) is 1. The van der Waals surface area contributed by atoms with E-state index in [9.17, 15) is 36.3 Å². The smallest absolute Gasteiger partial charge is 0.353 e. The van der Waals surface area contributed by atoms with Crippen molar-refractivity contribution in [2.45, 2.75) is 31.8 Å². The van der Waals surface area contributed by atoms with Crippen molar-refractivity contribution in [3.8, 4) is 22.3 Å². The molecule has 9 rings (SSSR count). The van der Waals surface area contributed by atoms with Gasteiger partial charge in [-0.15, -0.1) is 0 Å². The second-order valence-electron chi connectivity index (χ2n) is 15.9. The molecule has 0 saturated heterocycles. The zero-order chi connectivity index (χ0) is 46.9. The van der Waals surface area contributed by atoms with Crippen molar-refractivity contribution >= 4 is 49.1 Å². The zero-order valence-electron chi connectivity index (χ0n) is 35.6. The summed E-state index contributed by atoms with van der Waals surface area (Å²) in [4.78, 5) is 26.1. The third kappa shape index (κ3) is 8.85. The third-order valence-electron chi connectivity index (χ3n) is 11.3. The number of rotatable bonds is 11. The summed E-state index contributed by atoms with van der Waals surface area (Å²) in [7, 11) is -4.09. The number of aromatic carboxylic acids is 1. The quantitative estimate of drug-likeness (QED) is 0.0757. The fraction of sp³-hybridized carbons (Fsp3) is 0.0943. The predicted molar refractivity (Wildman–Crippen MR) is 249 cm³/mol. The van der Waals surface area contributed by atoms with E-state index in [1.165, 1.54) is 53.1 Å². The number of aromatic nitrogens is 2. The SMILES string of the molecule is Cc1ccc2c(c1)c(-c1ccccc1F)c(C(=O)CS(=O)(=O)c1cccc(N)c1)n2Cc1ccccc1F.Cc1ccc2c(c1)c(-c1ccccc1F)c(C(=O)O)n2Cc1ccccc1F. The molecule has 0 saturated carbocycles. The van der Waals surface area contributed by atoms with Crippen LogP contribution in [0, 0.1) is 37.1 Å². The van der Waals surface area contributed by atoms with Crippen molar-refractivity contribution in [2.24, 2.45) is 0 Å². The number of ketones is 1. The summed E-state index contributed by atoms with van der Waals surface area (Å²) in [6, 6.07) is 41.1. The summed E-state index contributed by atoms with van der Waals surface area (Å²) < 4.78 is 88.4. The number of carboxylic acids is 1. The van der Waals surface area contributed by atoms with Crippen molar-refractivity contribution in [3.05, 3.63) is 215 Å². The molecular formula is C53H41F4N3O5S. The Bertz CT molecular complexity index is 3470. The standard InChI is InChI=1S/C30H24F2N2O3S.C23H17F2NO2/c1-19-13-14-27-24(15-19)29(23-10-3-5-12-26(23)32)30(34(27)17-20-7-2-4-11-25(20)31)28(35)18-38(36,37)22-9-6-8-21(33)16-22;1-14-10-11-20-17(12-14)21(16-7-3-5-9-19(16)25)22(23(27)28)26(20)13-15-6-2-4-8-18(15)24/h2-16H,17-18,33H2,1H3;2-12H,13H2,1H3,(H,27,28). The van der Waals surface area contributed by atoms with Gasteiger partial charge in [-0.05, 0) is 80.6 Å². The minimum atomic E-state index is -4.09. The Morgan fingerprint density at radius 1 is 0.545 bits per heavy atom. The average Bonchev–Trinajstić information content (AvgIpc) is 3.77. The van der Waals surface area contributed by atoms with Crippen molar-refractivity contribution in [3.63, 3.8) is 0 Å². The first-order chi connectivity index (χ1) is 31.6. The number of fused-ring (bicyclic) bond motifs is 2. The Morgan fingerprint density at radius 2 is 0.985 bits per heavy atom. The van der Waals surface area contributed by atoms with Gasteiger partial charge in [0.1, 0.15) is 34.7 Å². The van der Waals surface area contributed by atoms with Gasteiger partial charge in [0.25, 0.3) is 0 Å². The maximum absolute atomic E-state index is 15.2. The molecule has 332 valence electrons. The Morgan fingerprint density at radius 3 is 1.44 bits per heavy atom. The predicted octanol–water partition coefficient (Wildman–Crippen LogP) is 11.8. The molecule has 0 amide bonds. The lowest BCUT2D eigenvalue weighted by Gasteiger charge is -2.13. The number of halogens is 4. The highest BCUT2D eigenvalue weighted by molar-refractivity contribution is 7.92. The topological polar surface area (TPSA) is 124 Å². The number of hydrogen-bond donors (Lipinski definition) is 2. The highest BCUT2D eigenvalue weighted by atomic mass is 32.2. The Hall–Kier alpha value is -7.77. The van der Waals surface area contributed by atoms with Crippen molar-refractivity contribution in [1.82, 2.24) is 9.13 Å². The van der Waals surface area contributed by atoms with E-state index < -0.39 is 50.6 Å². The van der Waals surface area contributed by atoms with Crippen LogP contribution in [-0.4, -0.2) is 40.2 Å². The fourth-order valence-electron chi connectivity index (χ4n) is 8.28. The van der Waals surface area contributed by atoms with Crippen LogP contribution in [-0.2, 0) is 22.9 Å². The lowest BCUT2D eigenvalue weighted by Crippen LogP contribution is -2.21. The molecule has 7 aromatic carbocycles. The number of carboxylic acid groups (broad SMARTS) is 1. The lowest BCUT2D eigenvalue weighted by molar-refractivity contribution is 0.0686. The molecule has 0 aliphatic heterocycles. The summed E-state index contributed by atoms with van der Waals surface area (Å²) in [6.07, 6.45) is 0. The van der Waals surface area contributed by atoms with E-state index in [1.54, 1.807) is 89.5 Å². The maximum atomic E-state index is 15.2. The van der Waals surface area contributed by atoms with Gasteiger partial charge < -0.3 is 20.0 Å². The van der Waals surface area contributed by atoms with E-state index in [2.05, 4.69) is 0 Å². The minimum absolute atomic E-state index is 0.00793. The number of anilines is 1. The number of benzene rings is 7. The second-order valence-corrected chi connectivity index (χ2v) is 17.9. The van der Waals surface area contributed by atoms with Crippen LogP contribution in [0.3, 0.4) is 0 Å². The van der Waals surface area contributed by atoms with Crippen LogP contribution in [0.2, 0.25) is 0 Å². The highest BCUT2D eigenvalue weighted by Crippen LogP contribution is 2.40. The van der Waals surface area contributed by atoms with E-state index in [4.69, 9.17) is 5.73 Å². The molecule has 0 fully saturated rings. The first kappa shape index (κ1) is 44.8. The summed E-state index contributed by atoms with van der Waals surface area (Å²) in [5, 5.41) is 11.2. The summed E-state index contributed by atoms with van der Waals surface area (Å²) >= 11 is 0. The summed E-state index contributed by atoms with van der Waals surface area (Å²) in [6.45, 7) is 3.73. The van der Waals surface area contributed by atoms with Crippen LogP contribution in [0.4, 0.5) is 23.2 Å². The molecule has 3 N–H and O–H groups in total. The number of carbonyl (C=O) groups is 2. The van der Waals surface area contributed by atoms with Gasteiger partial charge in [-0.2, -0.15) is 0 Å². The summed E-state index contributed by atoms with van der Waals surface area (Å²) in [5.41, 5.74) is 10.5. The molecule has 0 bridgehead atoms. The average molecular weight is 908 g/mol. The Kier molecular flexibility index (Phi) is 12.5. The molecule has 2 aromatic heterocycles. The molecule has 0 atom stereocenters. The largest absolute Gasteiger partial charge is 0.477 e. The first-order valence-corrected chi connectivity index (χ1v) is 22.3. The van der Waals surface area contributed by atoms with Gasteiger partial charge in [0.15, 0.2) is 15.6 Å². The lowest BCUT2D eigenvalue weighted by atomic mass is 9.99. The molecule has 0 aliphatic rings. The molecule has 0 unspecified atom stereocenters. The van der Waals surface area contributed by atoms with E-state index in [0.717, 1.165) is 11.1 Å². The van der Waals surface area contributed by atoms with Crippen molar-refractivity contribution in [2.75, 3.05) is 11.5 Å². The van der Waals surface area contributed by atoms with Crippen LogP contribution >= 0.6 is 0 Å². The Balaban J connectivity index is 0.000000188. The monoisotopic (exact) mass is 907 g/mol. The van der Waals surface area contributed by atoms with Crippen molar-refractivity contribution in [1.29, 1.82) is 0 Å². The van der Waals surface area contributed by atoms with E-state index >= 15 is 4.39 Å². The maximum Gasteiger partial charge on any atom is 0.353 e. The van der Waals surface area contributed by atoms with Crippen LogP contribution in [0.1, 0.15) is 43.2 Å². The van der Waals surface area contributed by atoms with Gasteiger partial charge >= 0.3 is 5.97 Å². The first-order valence-electron chi connectivity index (χ1n) is 20.7. The number of aryl methyl sites for hydroxylation is 2. The number of nitrogen functional groups attached to an aromatic ring is 1. The number of nitrogens with two attached hydrogens (primary N) is 1. The van der Waals surface area contributed by atoms with E-state index in [-0.39, 0.29) is 51.8 Å². The van der Waals surface area contributed by atoms with Gasteiger partial charge in [0, 0.05) is 60.9 Å². The van der Waals surface area contributed by atoms with E-state index in [0.29, 0.717) is 38.5 Å². The number of carbonyl (C=O) groups excluding carboxylic acids is 1. The van der Waals surface area contributed by atoms with Crippen molar-refractivity contribution < 1.29 is 40.7 Å². The number of nitrogens with zero attached hydrogens (tertiary/aromatic N) is 2. The number of sulfone groups is 1. The normalized spacial score (nSPS) is 11.4. The molecule has 0 aliphatic carbocycles. The van der Waals surface area contributed by atoms with Crippen LogP contribution < -0.4 is 5.73 Å². The number of hydrogen-bond acceptors (Lipinski definition) is 5. The minimum Gasteiger partial charge on any atom is -0.477 e. The van der Waals surface area contributed by atoms with Gasteiger partial charge in [-0.3, -0.25) is 4.79 Å². The highest BCUT2D eigenvalue weighted by Gasteiger charge is 2.30.